The monoisotopic (exact) mass is 422 g/mol. The van der Waals surface area contributed by atoms with E-state index < -0.39 is 6.10 Å². The van der Waals surface area contributed by atoms with Gasteiger partial charge in [-0.1, -0.05) is 54.6 Å². The Kier molecular flexibility index (Phi) is 6.98. The SMILES string of the molecule is Cc1cccc(OCC(O)Cn2c(=N)n(Cc3ccccc3)c3ccccc32)c1.[Cl-]. The maximum atomic E-state index is 10.6. The lowest BCUT2D eigenvalue weighted by atomic mass is 10.2. The van der Waals surface area contributed by atoms with E-state index in [1.165, 1.54) is 0 Å². The van der Waals surface area contributed by atoms with E-state index in [4.69, 9.17) is 10.1 Å². The van der Waals surface area contributed by atoms with Crippen LogP contribution in [0.5, 0.6) is 5.75 Å². The minimum Gasteiger partial charge on any atom is -1.00 e. The average molecular weight is 423 g/mol. The maximum Gasteiger partial charge on any atom is 0.203 e. The molecule has 0 aliphatic rings. The van der Waals surface area contributed by atoms with Crippen LogP contribution in [-0.4, -0.2) is 27.0 Å². The van der Waals surface area contributed by atoms with Crippen LogP contribution in [0.4, 0.5) is 0 Å². The largest absolute Gasteiger partial charge is 1.00 e. The molecule has 1 unspecified atom stereocenters. The third-order valence-electron chi connectivity index (χ3n) is 4.98. The Balaban J connectivity index is 0.00000256. The summed E-state index contributed by atoms with van der Waals surface area (Å²) in [6.45, 7) is 3.09. The summed E-state index contributed by atoms with van der Waals surface area (Å²) in [6.07, 6.45) is -0.722. The van der Waals surface area contributed by atoms with E-state index in [2.05, 4.69) is 12.1 Å². The van der Waals surface area contributed by atoms with Gasteiger partial charge in [0.1, 0.15) is 18.5 Å². The summed E-state index contributed by atoms with van der Waals surface area (Å²) in [5, 5.41) is 19.3. The molecule has 1 heterocycles. The number of aliphatic hydroxyl groups excluding tert-OH is 1. The molecule has 30 heavy (non-hydrogen) atoms. The fourth-order valence-electron chi connectivity index (χ4n) is 3.57. The number of ether oxygens (including phenoxy) is 1. The van der Waals surface area contributed by atoms with E-state index in [0.717, 1.165) is 27.9 Å². The lowest BCUT2D eigenvalue weighted by Crippen LogP contribution is -3.00. The summed E-state index contributed by atoms with van der Waals surface area (Å²) in [5.74, 6) is 0.742. The zero-order valence-corrected chi connectivity index (χ0v) is 17.6. The number of aromatic nitrogens is 2. The van der Waals surface area contributed by atoms with E-state index in [1.807, 2.05) is 82.8 Å². The van der Waals surface area contributed by atoms with Crippen LogP contribution in [0.15, 0.2) is 78.9 Å². The molecule has 156 valence electrons. The Labute approximate surface area is 182 Å². The molecule has 0 spiro atoms. The molecule has 4 rings (SSSR count). The molecule has 5 nitrogen and oxygen atoms in total. The second-order valence-corrected chi connectivity index (χ2v) is 7.28. The summed E-state index contributed by atoms with van der Waals surface area (Å²) in [7, 11) is 0. The van der Waals surface area contributed by atoms with Crippen molar-refractivity contribution in [3.05, 3.63) is 95.6 Å². The minimum atomic E-state index is -0.722. The number of aliphatic hydroxyl groups is 1. The summed E-state index contributed by atoms with van der Waals surface area (Å²) >= 11 is 0. The number of nitrogens with one attached hydrogen (secondary N) is 1. The summed E-state index contributed by atoms with van der Waals surface area (Å²) in [5.41, 5.74) is 4.53. The average Bonchev–Trinajstić information content (AvgIpc) is 2.99. The van der Waals surface area contributed by atoms with E-state index in [9.17, 15) is 5.11 Å². The predicted molar refractivity (Wildman–Crippen MR) is 114 cm³/mol. The van der Waals surface area contributed by atoms with Gasteiger partial charge in [-0.2, -0.15) is 0 Å². The zero-order chi connectivity index (χ0) is 20.2. The van der Waals surface area contributed by atoms with E-state index in [0.29, 0.717) is 18.7 Å². The molecule has 0 radical (unpaired) electrons. The molecule has 0 bridgehead atoms. The van der Waals surface area contributed by atoms with Crippen LogP contribution in [0, 0.1) is 12.3 Å². The van der Waals surface area contributed by atoms with Gasteiger partial charge in [-0.15, -0.1) is 0 Å². The predicted octanol–water partition coefficient (Wildman–Crippen LogP) is 0.723. The second kappa shape index (κ2) is 9.65. The molecule has 4 aromatic rings. The van der Waals surface area contributed by atoms with Crippen molar-refractivity contribution in [2.75, 3.05) is 6.61 Å². The molecule has 0 saturated carbocycles. The Morgan fingerprint density at radius 1 is 0.900 bits per heavy atom. The number of rotatable bonds is 7. The van der Waals surface area contributed by atoms with Gasteiger partial charge in [-0.25, -0.2) is 0 Å². The first-order valence-corrected chi connectivity index (χ1v) is 9.76. The highest BCUT2D eigenvalue weighted by atomic mass is 35.5. The van der Waals surface area contributed by atoms with Crippen LogP contribution >= 0.6 is 0 Å². The summed E-state index contributed by atoms with van der Waals surface area (Å²) in [4.78, 5) is 0. The third kappa shape index (κ3) is 4.75. The van der Waals surface area contributed by atoms with Gasteiger partial charge in [-0.05, 0) is 42.3 Å². The van der Waals surface area contributed by atoms with Crippen molar-refractivity contribution in [1.29, 1.82) is 5.41 Å². The number of aryl methyl sites for hydroxylation is 1. The third-order valence-corrected chi connectivity index (χ3v) is 4.98. The number of fused-ring (bicyclic) bond motifs is 1. The number of halogens is 1. The molecule has 0 fully saturated rings. The van der Waals surface area contributed by atoms with E-state index in [1.54, 1.807) is 0 Å². The highest BCUT2D eigenvalue weighted by molar-refractivity contribution is 5.76. The standard InChI is InChI=1S/C24H25N3O2.ClH/c1-18-8-7-11-21(14-18)29-17-20(28)16-27-23-13-6-5-12-22(23)26(24(27)25)15-19-9-3-2-4-10-19;/h2-14,20,25,28H,15-17H2,1H3;1H/p-1. The molecule has 1 aromatic heterocycles. The van der Waals surface area contributed by atoms with Gasteiger partial charge in [0, 0.05) is 0 Å². The second-order valence-electron chi connectivity index (χ2n) is 7.28. The normalized spacial score (nSPS) is 11.8. The number of hydrogen-bond acceptors (Lipinski definition) is 3. The number of para-hydroxylation sites is 2. The molecule has 0 saturated heterocycles. The highest BCUT2D eigenvalue weighted by Gasteiger charge is 2.14. The van der Waals surface area contributed by atoms with Crippen molar-refractivity contribution in [2.45, 2.75) is 26.1 Å². The van der Waals surface area contributed by atoms with Crippen LogP contribution in [0.25, 0.3) is 11.0 Å². The fourth-order valence-corrected chi connectivity index (χ4v) is 3.57. The molecule has 6 heteroatoms. The molecule has 0 amide bonds. The first kappa shape index (κ1) is 21.7. The van der Waals surface area contributed by atoms with Crippen molar-refractivity contribution in [2.24, 2.45) is 0 Å². The van der Waals surface area contributed by atoms with Gasteiger partial charge < -0.3 is 31.4 Å². The molecule has 2 N–H and O–H groups in total. The molecule has 0 aliphatic heterocycles. The first-order chi connectivity index (χ1) is 14.1. The van der Waals surface area contributed by atoms with Crippen LogP contribution < -0.4 is 22.8 Å². The number of imidazole rings is 1. The van der Waals surface area contributed by atoms with Crippen LogP contribution in [0.1, 0.15) is 11.1 Å². The molecule has 0 aliphatic carbocycles. The van der Waals surface area contributed by atoms with Crippen molar-refractivity contribution in [3.8, 4) is 5.75 Å². The van der Waals surface area contributed by atoms with Crippen molar-refractivity contribution in [1.82, 2.24) is 9.13 Å². The number of nitrogens with zero attached hydrogens (tertiary/aromatic N) is 2. The lowest BCUT2D eigenvalue weighted by Gasteiger charge is -2.14. The Morgan fingerprint density at radius 2 is 1.57 bits per heavy atom. The van der Waals surface area contributed by atoms with Crippen LogP contribution in [0.2, 0.25) is 0 Å². The number of benzene rings is 3. The van der Waals surface area contributed by atoms with Gasteiger partial charge >= 0.3 is 0 Å². The first-order valence-electron chi connectivity index (χ1n) is 9.76. The zero-order valence-electron chi connectivity index (χ0n) is 16.8. The number of hydrogen-bond donors (Lipinski definition) is 2. The van der Waals surface area contributed by atoms with E-state index in [-0.39, 0.29) is 19.0 Å². The molecular weight excluding hydrogens is 398 g/mol. The molecular formula is C24H25ClN3O2-. The summed E-state index contributed by atoms with van der Waals surface area (Å²) in [6, 6.07) is 25.8. The highest BCUT2D eigenvalue weighted by Crippen LogP contribution is 2.16. The van der Waals surface area contributed by atoms with Crippen LogP contribution in [0.3, 0.4) is 0 Å². The minimum absolute atomic E-state index is 0. The van der Waals surface area contributed by atoms with Gasteiger partial charge in [0.05, 0.1) is 24.1 Å². The van der Waals surface area contributed by atoms with Gasteiger partial charge in [0.25, 0.3) is 0 Å². The van der Waals surface area contributed by atoms with Crippen molar-refractivity contribution >= 4 is 11.0 Å². The summed E-state index contributed by atoms with van der Waals surface area (Å²) < 4.78 is 9.56. The Hall–Kier alpha value is -3.02. The topological polar surface area (TPSA) is 63.2 Å². The quantitative estimate of drug-likeness (QED) is 0.461. The van der Waals surface area contributed by atoms with E-state index >= 15 is 0 Å². The Bertz CT molecular complexity index is 1170. The van der Waals surface area contributed by atoms with Crippen LogP contribution in [-0.2, 0) is 13.1 Å². The smallest absolute Gasteiger partial charge is 0.203 e. The Morgan fingerprint density at radius 3 is 2.27 bits per heavy atom. The van der Waals surface area contributed by atoms with Gasteiger partial charge in [0.15, 0.2) is 0 Å². The molecule has 1 atom stereocenters. The van der Waals surface area contributed by atoms with Gasteiger partial charge in [0.2, 0.25) is 5.62 Å². The fraction of sp³-hybridized carbons (Fsp3) is 0.208. The molecule has 3 aromatic carbocycles. The van der Waals surface area contributed by atoms with Crippen molar-refractivity contribution < 1.29 is 22.3 Å². The van der Waals surface area contributed by atoms with Crippen molar-refractivity contribution in [3.63, 3.8) is 0 Å². The lowest BCUT2D eigenvalue weighted by molar-refractivity contribution is -0.00000812. The maximum absolute atomic E-state index is 10.6. The van der Waals surface area contributed by atoms with Gasteiger partial charge in [-0.3, -0.25) is 5.41 Å².